The fourth-order valence-electron chi connectivity index (χ4n) is 2.75. The lowest BCUT2D eigenvalue weighted by atomic mass is 9.87. The zero-order valence-electron chi connectivity index (χ0n) is 11.7. The standard InChI is InChI=1S/C15H18O6/c1-18-12-7-15(17,9-16)13-11(20-12)8-19-14(21-13)10-5-3-2-4-6-10/h2-6,9,11-14,17H,7-8H2,1H3/t11-,12+,13-,14?,15+/m1/s1. The van der Waals surface area contributed by atoms with Gasteiger partial charge in [-0.2, -0.15) is 0 Å². The number of carbonyl (C=O) groups is 1. The van der Waals surface area contributed by atoms with Crippen LogP contribution in [-0.2, 0) is 23.7 Å². The number of aldehydes is 1. The Morgan fingerprint density at radius 3 is 2.76 bits per heavy atom. The summed E-state index contributed by atoms with van der Waals surface area (Å²) in [5, 5.41) is 10.5. The van der Waals surface area contributed by atoms with Gasteiger partial charge in [0.1, 0.15) is 12.2 Å². The van der Waals surface area contributed by atoms with Crippen LogP contribution in [0.2, 0.25) is 0 Å². The molecular weight excluding hydrogens is 276 g/mol. The summed E-state index contributed by atoms with van der Waals surface area (Å²) in [6.45, 7) is 0.222. The Labute approximate surface area is 122 Å². The van der Waals surface area contributed by atoms with Crippen molar-refractivity contribution in [2.45, 2.75) is 36.8 Å². The fourth-order valence-corrected chi connectivity index (χ4v) is 2.75. The van der Waals surface area contributed by atoms with Crippen molar-refractivity contribution in [2.75, 3.05) is 13.7 Å². The van der Waals surface area contributed by atoms with Crippen LogP contribution in [0.4, 0.5) is 0 Å². The lowest BCUT2D eigenvalue weighted by Gasteiger charge is -2.47. The highest BCUT2D eigenvalue weighted by molar-refractivity contribution is 5.64. The second-order valence-electron chi connectivity index (χ2n) is 5.29. The van der Waals surface area contributed by atoms with Crippen molar-refractivity contribution in [2.24, 2.45) is 0 Å². The van der Waals surface area contributed by atoms with Gasteiger partial charge >= 0.3 is 0 Å². The van der Waals surface area contributed by atoms with Gasteiger partial charge < -0.3 is 28.8 Å². The van der Waals surface area contributed by atoms with E-state index in [4.69, 9.17) is 18.9 Å². The lowest BCUT2D eigenvalue weighted by Crippen LogP contribution is -2.63. The van der Waals surface area contributed by atoms with E-state index in [0.29, 0.717) is 6.29 Å². The number of ether oxygens (including phenoxy) is 4. The SMILES string of the molecule is CO[C@@H]1C[C@](O)(C=O)[C@@H]2OC(c3ccccc3)OC[C@H]2O1. The van der Waals surface area contributed by atoms with E-state index in [-0.39, 0.29) is 13.0 Å². The van der Waals surface area contributed by atoms with E-state index in [1.807, 2.05) is 30.3 Å². The highest BCUT2D eigenvalue weighted by Crippen LogP contribution is 2.38. The minimum absolute atomic E-state index is 0.0374. The van der Waals surface area contributed by atoms with Crippen molar-refractivity contribution in [1.82, 2.24) is 0 Å². The van der Waals surface area contributed by atoms with Crippen LogP contribution >= 0.6 is 0 Å². The first-order chi connectivity index (χ1) is 10.2. The molecule has 2 heterocycles. The van der Waals surface area contributed by atoms with Gasteiger partial charge in [-0.3, -0.25) is 0 Å². The van der Waals surface area contributed by atoms with Gasteiger partial charge in [-0.25, -0.2) is 0 Å². The quantitative estimate of drug-likeness (QED) is 0.831. The van der Waals surface area contributed by atoms with Gasteiger partial charge in [0.25, 0.3) is 0 Å². The molecule has 2 aliphatic rings. The Hall–Kier alpha value is -1.31. The predicted molar refractivity (Wildman–Crippen MR) is 71.3 cm³/mol. The molecule has 21 heavy (non-hydrogen) atoms. The number of rotatable bonds is 3. The Kier molecular flexibility index (Phi) is 4.05. The zero-order valence-corrected chi connectivity index (χ0v) is 11.7. The first-order valence-electron chi connectivity index (χ1n) is 6.85. The summed E-state index contributed by atoms with van der Waals surface area (Å²) in [5.74, 6) is 0. The zero-order chi connectivity index (χ0) is 14.9. The van der Waals surface area contributed by atoms with Gasteiger partial charge in [-0.1, -0.05) is 30.3 Å². The molecule has 0 radical (unpaired) electrons. The second-order valence-corrected chi connectivity index (χ2v) is 5.29. The van der Waals surface area contributed by atoms with Crippen LogP contribution < -0.4 is 0 Å². The van der Waals surface area contributed by atoms with Gasteiger partial charge in [0, 0.05) is 19.1 Å². The maximum atomic E-state index is 11.4. The number of benzene rings is 1. The summed E-state index contributed by atoms with van der Waals surface area (Å²) in [7, 11) is 1.47. The average Bonchev–Trinajstić information content (AvgIpc) is 2.55. The van der Waals surface area contributed by atoms with Crippen molar-refractivity contribution in [1.29, 1.82) is 0 Å². The van der Waals surface area contributed by atoms with E-state index in [0.717, 1.165) is 5.56 Å². The minimum atomic E-state index is -1.64. The monoisotopic (exact) mass is 294 g/mol. The molecule has 0 amide bonds. The molecule has 0 aliphatic carbocycles. The molecule has 1 aromatic carbocycles. The molecule has 6 nitrogen and oxygen atoms in total. The molecule has 1 unspecified atom stereocenters. The van der Waals surface area contributed by atoms with E-state index >= 15 is 0 Å². The summed E-state index contributed by atoms with van der Waals surface area (Å²) >= 11 is 0. The van der Waals surface area contributed by atoms with Crippen LogP contribution in [-0.4, -0.2) is 49.2 Å². The normalized spacial score (nSPS) is 39.5. The fraction of sp³-hybridized carbons (Fsp3) is 0.533. The summed E-state index contributed by atoms with van der Waals surface area (Å²) in [4.78, 5) is 11.4. The molecule has 6 heteroatoms. The Balaban J connectivity index is 1.81. The van der Waals surface area contributed by atoms with Crippen LogP contribution in [0.25, 0.3) is 0 Å². The van der Waals surface area contributed by atoms with E-state index < -0.39 is 30.4 Å². The van der Waals surface area contributed by atoms with Gasteiger partial charge in [0.05, 0.1) is 6.61 Å². The van der Waals surface area contributed by atoms with Crippen molar-refractivity contribution in [3.8, 4) is 0 Å². The lowest BCUT2D eigenvalue weighted by molar-refractivity contribution is -0.347. The number of fused-ring (bicyclic) bond motifs is 1. The van der Waals surface area contributed by atoms with E-state index in [1.165, 1.54) is 7.11 Å². The topological polar surface area (TPSA) is 74.2 Å². The summed E-state index contributed by atoms with van der Waals surface area (Å²) in [6, 6.07) is 9.37. The number of hydrogen-bond acceptors (Lipinski definition) is 6. The molecular formula is C15H18O6. The number of carbonyl (C=O) groups excluding carboxylic acids is 1. The number of methoxy groups -OCH3 is 1. The Morgan fingerprint density at radius 2 is 2.10 bits per heavy atom. The van der Waals surface area contributed by atoms with Gasteiger partial charge in [-0.15, -0.1) is 0 Å². The largest absolute Gasteiger partial charge is 0.379 e. The molecule has 1 N–H and O–H groups in total. The molecule has 2 saturated heterocycles. The number of hydrogen-bond donors (Lipinski definition) is 1. The third-order valence-corrected chi connectivity index (χ3v) is 3.87. The van der Waals surface area contributed by atoms with Gasteiger partial charge in [0.15, 0.2) is 24.5 Å². The summed E-state index contributed by atoms with van der Waals surface area (Å²) < 4.78 is 22.2. The highest BCUT2D eigenvalue weighted by atomic mass is 16.7. The minimum Gasteiger partial charge on any atom is -0.379 e. The van der Waals surface area contributed by atoms with Crippen molar-refractivity contribution in [3.63, 3.8) is 0 Å². The first-order valence-corrected chi connectivity index (χ1v) is 6.85. The summed E-state index contributed by atoms with van der Waals surface area (Å²) in [5.41, 5.74) is -0.807. The molecule has 0 saturated carbocycles. The molecule has 114 valence electrons. The smallest absolute Gasteiger partial charge is 0.184 e. The average molecular weight is 294 g/mol. The van der Waals surface area contributed by atoms with Crippen LogP contribution in [0.5, 0.6) is 0 Å². The van der Waals surface area contributed by atoms with Crippen molar-refractivity contribution in [3.05, 3.63) is 35.9 Å². The van der Waals surface area contributed by atoms with E-state index in [9.17, 15) is 9.90 Å². The first kappa shape index (κ1) is 14.6. The van der Waals surface area contributed by atoms with Crippen LogP contribution in [0.3, 0.4) is 0 Å². The van der Waals surface area contributed by atoms with E-state index in [1.54, 1.807) is 0 Å². The molecule has 0 aromatic heterocycles. The third kappa shape index (κ3) is 2.73. The van der Waals surface area contributed by atoms with E-state index in [2.05, 4.69) is 0 Å². The molecule has 2 fully saturated rings. The highest BCUT2D eigenvalue weighted by Gasteiger charge is 2.53. The second kappa shape index (κ2) is 5.82. The summed E-state index contributed by atoms with van der Waals surface area (Å²) in [6.07, 6.45) is -2.05. The van der Waals surface area contributed by atoms with Crippen LogP contribution in [0, 0.1) is 0 Å². The molecule has 2 aliphatic heterocycles. The maximum Gasteiger partial charge on any atom is 0.184 e. The van der Waals surface area contributed by atoms with Crippen molar-refractivity contribution < 1.29 is 28.8 Å². The number of aliphatic hydroxyl groups is 1. The molecule has 0 bridgehead atoms. The molecule has 1 aromatic rings. The molecule has 0 spiro atoms. The third-order valence-electron chi connectivity index (χ3n) is 3.87. The van der Waals surface area contributed by atoms with Crippen LogP contribution in [0.1, 0.15) is 18.3 Å². The molecule has 5 atom stereocenters. The maximum absolute atomic E-state index is 11.4. The van der Waals surface area contributed by atoms with Crippen LogP contribution in [0.15, 0.2) is 30.3 Å². The van der Waals surface area contributed by atoms with Gasteiger partial charge in [-0.05, 0) is 0 Å². The predicted octanol–water partition coefficient (Wildman–Crippen LogP) is 0.792. The Morgan fingerprint density at radius 1 is 1.33 bits per heavy atom. The molecule has 3 rings (SSSR count). The van der Waals surface area contributed by atoms with Gasteiger partial charge in [0.2, 0.25) is 0 Å². The Bertz CT molecular complexity index is 492. The van der Waals surface area contributed by atoms with Crippen molar-refractivity contribution >= 4 is 6.29 Å².